The maximum absolute atomic E-state index is 13.3. The minimum atomic E-state index is -0.329. The summed E-state index contributed by atoms with van der Waals surface area (Å²) in [6.45, 7) is 3.96. The highest BCUT2D eigenvalue weighted by atomic mass is 35.5. The molecule has 146 valence electrons. The molecule has 0 aliphatic carbocycles. The maximum Gasteiger partial charge on any atom is 0.409 e. The van der Waals surface area contributed by atoms with E-state index in [1.807, 2.05) is 54.6 Å². The van der Waals surface area contributed by atoms with Crippen molar-refractivity contribution < 1.29 is 14.3 Å². The van der Waals surface area contributed by atoms with E-state index in [0.717, 1.165) is 11.1 Å². The molecule has 1 aliphatic rings. The Morgan fingerprint density at radius 2 is 1.57 bits per heavy atom. The number of hydrogen-bond donors (Lipinski definition) is 0. The molecule has 1 fully saturated rings. The van der Waals surface area contributed by atoms with Gasteiger partial charge in [-0.25, -0.2) is 4.79 Å². The molecule has 1 heterocycles. The molecule has 28 heavy (non-hydrogen) atoms. The van der Waals surface area contributed by atoms with Crippen molar-refractivity contribution in [3.63, 3.8) is 0 Å². The van der Waals surface area contributed by atoms with Crippen molar-refractivity contribution in [2.45, 2.75) is 6.92 Å². The summed E-state index contributed by atoms with van der Waals surface area (Å²) in [7, 11) is 0. The second kappa shape index (κ2) is 9.42. The summed E-state index contributed by atoms with van der Waals surface area (Å²) in [5, 5.41) is 0.593. The topological polar surface area (TPSA) is 49.9 Å². The number of carbonyl (C=O) groups excluding carboxylic acids is 2. The summed E-state index contributed by atoms with van der Waals surface area (Å²) >= 11 is 6.30. The molecule has 1 aliphatic heterocycles. The third-order valence-electron chi connectivity index (χ3n) is 4.61. The van der Waals surface area contributed by atoms with Gasteiger partial charge in [-0.15, -0.1) is 0 Å². The second-order valence-electron chi connectivity index (χ2n) is 6.42. The lowest BCUT2D eigenvalue weighted by Crippen LogP contribution is -2.50. The molecule has 5 nitrogen and oxygen atoms in total. The van der Waals surface area contributed by atoms with Crippen molar-refractivity contribution in [3.8, 4) is 0 Å². The molecule has 0 unspecified atom stereocenters. The normalized spacial score (nSPS) is 14.7. The third-order valence-corrected chi connectivity index (χ3v) is 4.96. The summed E-state index contributed by atoms with van der Waals surface area (Å²) in [5.41, 5.74) is 2.21. The van der Waals surface area contributed by atoms with E-state index in [4.69, 9.17) is 16.3 Å². The van der Waals surface area contributed by atoms with Crippen LogP contribution in [0.4, 0.5) is 4.79 Å². The van der Waals surface area contributed by atoms with E-state index in [1.54, 1.807) is 22.8 Å². The average molecular weight is 399 g/mol. The van der Waals surface area contributed by atoms with Crippen molar-refractivity contribution in [1.29, 1.82) is 0 Å². The number of rotatable bonds is 4. The SMILES string of the molecule is CCOC(=O)N1CCN(C(=O)C(=Cc2ccccc2Cl)c2ccccc2)CC1. The van der Waals surface area contributed by atoms with Gasteiger partial charge in [0.05, 0.1) is 6.61 Å². The number of hydrogen-bond acceptors (Lipinski definition) is 3. The monoisotopic (exact) mass is 398 g/mol. The number of nitrogens with zero attached hydrogens (tertiary/aromatic N) is 2. The zero-order chi connectivity index (χ0) is 19.9. The van der Waals surface area contributed by atoms with Gasteiger partial charge >= 0.3 is 6.09 Å². The molecular weight excluding hydrogens is 376 g/mol. The molecule has 0 saturated carbocycles. The summed E-state index contributed by atoms with van der Waals surface area (Å²) in [5.74, 6) is -0.0744. The Morgan fingerprint density at radius 3 is 2.21 bits per heavy atom. The van der Waals surface area contributed by atoms with E-state index >= 15 is 0 Å². The van der Waals surface area contributed by atoms with Crippen LogP contribution >= 0.6 is 11.6 Å². The maximum atomic E-state index is 13.3. The zero-order valence-electron chi connectivity index (χ0n) is 15.8. The van der Waals surface area contributed by atoms with Crippen LogP contribution < -0.4 is 0 Å². The minimum absolute atomic E-state index is 0.0744. The largest absolute Gasteiger partial charge is 0.450 e. The van der Waals surface area contributed by atoms with Crippen molar-refractivity contribution in [1.82, 2.24) is 9.80 Å². The van der Waals surface area contributed by atoms with Crippen molar-refractivity contribution in [2.24, 2.45) is 0 Å². The molecule has 3 rings (SSSR count). The molecule has 0 bridgehead atoms. The lowest BCUT2D eigenvalue weighted by molar-refractivity contribution is -0.126. The van der Waals surface area contributed by atoms with Crippen LogP contribution in [0, 0.1) is 0 Å². The van der Waals surface area contributed by atoms with Crippen LogP contribution in [0.3, 0.4) is 0 Å². The van der Waals surface area contributed by atoms with Crippen LogP contribution in [0.5, 0.6) is 0 Å². The Labute approximate surface area is 170 Å². The average Bonchev–Trinajstić information content (AvgIpc) is 2.73. The molecule has 0 aromatic heterocycles. The van der Waals surface area contributed by atoms with Crippen LogP contribution in [0.25, 0.3) is 11.6 Å². The van der Waals surface area contributed by atoms with Gasteiger partial charge in [0, 0.05) is 36.8 Å². The molecule has 6 heteroatoms. The third kappa shape index (κ3) is 4.73. The lowest BCUT2D eigenvalue weighted by atomic mass is 10.0. The first-order valence-corrected chi connectivity index (χ1v) is 9.70. The van der Waals surface area contributed by atoms with E-state index in [9.17, 15) is 9.59 Å². The highest BCUT2D eigenvalue weighted by molar-refractivity contribution is 6.33. The summed E-state index contributed by atoms with van der Waals surface area (Å²) in [4.78, 5) is 28.6. The van der Waals surface area contributed by atoms with Gasteiger partial charge in [-0.1, -0.05) is 60.1 Å². The lowest BCUT2D eigenvalue weighted by Gasteiger charge is -2.34. The summed E-state index contributed by atoms with van der Waals surface area (Å²) in [6, 6.07) is 17.0. The predicted molar refractivity (Wildman–Crippen MR) is 111 cm³/mol. The van der Waals surface area contributed by atoms with Gasteiger partial charge < -0.3 is 14.5 Å². The first kappa shape index (κ1) is 20.0. The van der Waals surface area contributed by atoms with Gasteiger partial charge in [-0.2, -0.15) is 0 Å². The van der Waals surface area contributed by atoms with E-state index in [1.165, 1.54) is 0 Å². The van der Waals surface area contributed by atoms with Gasteiger partial charge in [0.2, 0.25) is 0 Å². The van der Waals surface area contributed by atoms with Gasteiger partial charge in [-0.3, -0.25) is 4.79 Å². The molecule has 2 aromatic rings. The smallest absolute Gasteiger partial charge is 0.409 e. The first-order chi connectivity index (χ1) is 13.6. The van der Waals surface area contributed by atoms with E-state index in [0.29, 0.717) is 43.4 Å². The van der Waals surface area contributed by atoms with Crippen LogP contribution in [0.15, 0.2) is 54.6 Å². The Kier molecular flexibility index (Phi) is 6.71. The fourth-order valence-electron chi connectivity index (χ4n) is 3.11. The number of ether oxygens (including phenoxy) is 1. The van der Waals surface area contributed by atoms with Gasteiger partial charge in [0.15, 0.2) is 0 Å². The molecule has 0 radical (unpaired) electrons. The fraction of sp³-hybridized carbons (Fsp3) is 0.273. The number of benzene rings is 2. The van der Waals surface area contributed by atoms with E-state index in [-0.39, 0.29) is 12.0 Å². The second-order valence-corrected chi connectivity index (χ2v) is 6.83. The first-order valence-electron chi connectivity index (χ1n) is 9.32. The van der Waals surface area contributed by atoms with Gasteiger partial charge in [0.1, 0.15) is 0 Å². The Morgan fingerprint density at radius 1 is 0.964 bits per heavy atom. The van der Waals surface area contributed by atoms with Crippen LogP contribution in [-0.2, 0) is 9.53 Å². The number of piperazine rings is 1. The molecule has 2 amide bonds. The van der Waals surface area contributed by atoms with Crippen LogP contribution in [-0.4, -0.2) is 54.6 Å². The molecule has 0 atom stereocenters. The van der Waals surface area contributed by atoms with Crippen molar-refractivity contribution >= 4 is 35.3 Å². The molecule has 0 N–H and O–H groups in total. The quantitative estimate of drug-likeness (QED) is 0.573. The predicted octanol–water partition coefficient (Wildman–Crippen LogP) is 4.18. The highest BCUT2D eigenvalue weighted by Crippen LogP contribution is 2.25. The molecule has 0 spiro atoms. The Bertz CT molecular complexity index is 859. The van der Waals surface area contributed by atoms with E-state index < -0.39 is 0 Å². The Hall–Kier alpha value is -2.79. The fourth-order valence-corrected chi connectivity index (χ4v) is 3.30. The number of carbonyl (C=O) groups is 2. The molecule has 1 saturated heterocycles. The standard InChI is InChI=1S/C22H23ClN2O3/c1-2-28-22(27)25-14-12-24(13-15-25)21(26)19(17-8-4-3-5-9-17)16-18-10-6-7-11-20(18)23/h3-11,16H,2,12-15H2,1H3. The van der Waals surface area contributed by atoms with Gasteiger partial charge in [0.25, 0.3) is 5.91 Å². The number of amides is 2. The highest BCUT2D eigenvalue weighted by Gasteiger charge is 2.27. The van der Waals surface area contributed by atoms with Crippen molar-refractivity contribution in [3.05, 3.63) is 70.7 Å². The van der Waals surface area contributed by atoms with E-state index in [2.05, 4.69) is 0 Å². The Balaban J connectivity index is 1.83. The molecule has 2 aromatic carbocycles. The van der Waals surface area contributed by atoms with Gasteiger partial charge in [-0.05, 0) is 30.2 Å². The summed E-state index contributed by atoms with van der Waals surface area (Å²) < 4.78 is 5.04. The zero-order valence-corrected chi connectivity index (χ0v) is 16.6. The van der Waals surface area contributed by atoms with Crippen LogP contribution in [0.1, 0.15) is 18.1 Å². The minimum Gasteiger partial charge on any atom is -0.450 e. The van der Waals surface area contributed by atoms with Crippen molar-refractivity contribution in [2.75, 3.05) is 32.8 Å². The van der Waals surface area contributed by atoms with Crippen LogP contribution in [0.2, 0.25) is 5.02 Å². The number of halogens is 1. The molecular formula is C22H23ClN2O3. The summed E-state index contributed by atoms with van der Waals surface area (Å²) in [6.07, 6.45) is 1.50.